The zero-order valence-electron chi connectivity index (χ0n) is 19.8. The molecule has 0 atom stereocenters. The largest absolute Gasteiger partial charge is 0.452 e. The second-order valence-corrected chi connectivity index (χ2v) is 11.3. The molecule has 0 aromatic heterocycles. The molecule has 2 aliphatic rings. The van der Waals surface area contributed by atoms with Gasteiger partial charge in [-0.1, -0.05) is 48.2 Å². The highest BCUT2D eigenvalue weighted by Gasteiger charge is 2.28. The Morgan fingerprint density at radius 1 is 0.892 bits per heavy atom. The Labute approximate surface area is 219 Å². The molecule has 10 heteroatoms. The topological polar surface area (TPSA) is 93.2 Å². The zero-order valence-corrected chi connectivity index (χ0v) is 21.4. The number of morpholine rings is 1. The summed E-state index contributed by atoms with van der Waals surface area (Å²) in [5.74, 6) is -1.04. The van der Waals surface area contributed by atoms with Crippen LogP contribution >= 0.6 is 11.8 Å². The molecule has 5 rings (SSSR count). The number of hydrogen-bond donors (Lipinski definition) is 0. The van der Waals surface area contributed by atoms with Gasteiger partial charge < -0.3 is 9.47 Å². The summed E-state index contributed by atoms with van der Waals surface area (Å²) in [6, 6.07) is 21.4. The Morgan fingerprint density at radius 3 is 2.11 bits per heavy atom. The Bertz CT molecular complexity index is 1400. The van der Waals surface area contributed by atoms with E-state index in [1.54, 1.807) is 28.8 Å². The molecular weight excluding hydrogens is 512 g/mol. The Hall–Kier alpha value is -3.44. The molecule has 3 aromatic carbocycles. The summed E-state index contributed by atoms with van der Waals surface area (Å²) in [7, 11) is -3.59. The van der Waals surface area contributed by atoms with Crippen LogP contribution in [0, 0.1) is 0 Å². The lowest BCUT2D eigenvalue weighted by molar-refractivity contribution is -0.142. The van der Waals surface area contributed by atoms with E-state index in [4.69, 9.17) is 9.47 Å². The minimum absolute atomic E-state index is 0.181. The van der Waals surface area contributed by atoms with E-state index in [0.717, 1.165) is 21.2 Å². The minimum Gasteiger partial charge on any atom is -0.452 e. The van der Waals surface area contributed by atoms with Gasteiger partial charge in [-0.3, -0.25) is 9.69 Å². The third-order valence-corrected chi connectivity index (χ3v) is 8.96. The highest BCUT2D eigenvalue weighted by atomic mass is 32.2. The molecule has 0 spiro atoms. The molecule has 0 bridgehead atoms. The van der Waals surface area contributed by atoms with Crippen molar-refractivity contribution in [3.8, 4) is 0 Å². The standard InChI is InChI=1S/C27H24N2O6S2/c30-26(29-22-5-1-3-7-24(22)36-25-8-4-2-6-23(25)29)19-35-27(31)14-11-20-9-12-21(13-10-20)37(32,33)28-15-17-34-18-16-28/h1-14H,15-19H2/b14-11+. The number of carbonyl (C=O) groups excluding carboxylic acids is 2. The summed E-state index contributed by atoms with van der Waals surface area (Å²) < 4.78 is 37.3. The lowest BCUT2D eigenvalue weighted by atomic mass is 10.2. The molecule has 8 nitrogen and oxygen atoms in total. The van der Waals surface area contributed by atoms with Crippen molar-refractivity contribution in [2.24, 2.45) is 0 Å². The van der Waals surface area contributed by atoms with Gasteiger partial charge in [0.15, 0.2) is 6.61 Å². The van der Waals surface area contributed by atoms with Gasteiger partial charge in [0, 0.05) is 29.0 Å². The maximum Gasteiger partial charge on any atom is 0.331 e. The lowest BCUT2D eigenvalue weighted by Crippen LogP contribution is -2.40. The van der Waals surface area contributed by atoms with Gasteiger partial charge in [-0.2, -0.15) is 4.31 Å². The maximum absolute atomic E-state index is 13.1. The van der Waals surface area contributed by atoms with Crippen LogP contribution in [0.3, 0.4) is 0 Å². The molecule has 1 saturated heterocycles. The highest BCUT2D eigenvalue weighted by molar-refractivity contribution is 7.99. The average molecular weight is 537 g/mol. The van der Waals surface area contributed by atoms with Gasteiger partial charge in [-0.15, -0.1) is 0 Å². The highest BCUT2D eigenvalue weighted by Crippen LogP contribution is 2.47. The first kappa shape index (κ1) is 25.2. The quantitative estimate of drug-likeness (QED) is 0.346. The van der Waals surface area contributed by atoms with Gasteiger partial charge in [0.1, 0.15) is 0 Å². The first-order valence-electron chi connectivity index (χ1n) is 11.7. The molecule has 190 valence electrons. The van der Waals surface area contributed by atoms with Crippen LogP contribution < -0.4 is 4.90 Å². The van der Waals surface area contributed by atoms with Crippen molar-refractivity contribution in [3.63, 3.8) is 0 Å². The van der Waals surface area contributed by atoms with E-state index in [-0.39, 0.29) is 10.8 Å². The van der Waals surface area contributed by atoms with E-state index in [9.17, 15) is 18.0 Å². The van der Waals surface area contributed by atoms with Crippen LogP contribution in [0.1, 0.15) is 5.56 Å². The first-order valence-corrected chi connectivity index (χ1v) is 13.9. The second kappa shape index (κ2) is 10.9. The molecule has 0 unspecified atom stereocenters. The number of para-hydroxylation sites is 2. The normalized spacial score (nSPS) is 15.7. The molecule has 0 saturated carbocycles. The number of benzene rings is 3. The predicted octanol–water partition coefficient (Wildman–Crippen LogP) is 4.09. The van der Waals surface area contributed by atoms with Crippen molar-refractivity contribution >= 4 is 51.1 Å². The van der Waals surface area contributed by atoms with E-state index in [2.05, 4.69) is 0 Å². The van der Waals surface area contributed by atoms with Gasteiger partial charge in [-0.25, -0.2) is 13.2 Å². The Kier molecular flexibility index (Phi) is 7.43. The molecule has 3 aromatic rings. The summed E-state index contributed by atoms with van der Waals surface area (Å²) in [4.78, 5) is 29.1. The van der Waals surface area contributed by atoms with Crippen molar-refractivity contribution in [2.45, 2.75) is 14.7 Å². The number of rotatable bonds is 6. The lowest BCUT2D eigenvalue weighted by Gasteiger charge is -2.30. The van der Waals surface area contributed by atoms with Crippen LogP contribution in [0.5, 0.6) is 0 Å². The van der Waals surface area contributed by atoms with Crippen LogP contribution in [-0.2, 0) is 29.1 Å². The van der Waals surface area contributed by atoms with E-state index < -0.39 is 22.6 Å². The number of nitrogens with zero attached hydrogens (tertiary/aromatic N) is 2. The van der Waals surface area contributed by atoms with Gasteiger partial charge in [0.25, 0.3) is 5.91 Å². The number of hydrogen-bond acceptors (Lipinski definition) is 7. The van der Waals surface area contributed by atoms with Gasteiger partial charge in [-0.05, 0) is 48.0 Å². The van der Waals surface area contributed by atoms with Crippen LogP contribution in [-0.4, -0.2) is 57.5 Å². The Morgan fingerprint density at radius 2 is 1.49 bits per heavy atom. The number of amides is 1. The SMILES string of the molecule is O=C(/C=C/c1ccc(S(=O)(=O)N2CCOCC2)cc1)OCC(=O)N1c2ccccc2Sc2ccccc21. The smallest absolute Gasteiger partial charge is 0.331 e. The van der Waals surface area contributed by atoms with E-state index >= 15 is 0 Å². The molecule has 2 heterocycles. The van der Waals surface area contributed by atoms with Crippen molar-refractivity contribution < 1.29 is 27.5 Å². The van der Waals surface area contributed by atoms with E-state index in [1.165, 1.54) is 28.6 Å². The number of fused-ring (bicyclic) bond motifs is 2. The third-order valence-electron chi connectivity index (χ3n) is 5.92. The molecule has 0 aliphatic carbocycles. The number of ether oxygens (including phenoxy) is 2. The number of sulfonamides is 1. The summed E-state index contributed by atoms with van der Waals surface area (Å²) in [6.07, 6.45) is 2.73. The summed E-state index contributed by atoms with van der Waals surface area (Å²) in [6.45, 7) is 0.970. The monoisotopic (exact) mass is 536 g/mol. The van der Waals surface area contributed by atoms with Crippen LogP contribution in [0.2, 0.25) is 0 Å². The van der Waals surface area contributed by atoms with Crippen molar-refractivity contribution in [2.75, 3.05) is 37.8 Å². The molecule has 1 fully saturated rings. The molecule has 0 N–H and O–H groups in total. The van der Waals surface area contributed by atoms with Crippen LogP contribution in [0.4, 0.5) is 11.4 Å². The van der Waals surface area contributed by atoms with Crippen LogP contribution in [0.25, 0.3) is 6.08 Å². The van der Waals surface area contributed by atoms with Gasteiger partial charge in [0.2, 0.25) is 10.0 Å². The van der Waals surface area contributed by atoms with Crippen molar-refractivity contribution in [3.05, 3.63) is 84.4 Å². The predicted molar refractivity (Wildman–Crippen MR) is 140 cm³/mol. The van der Waals surface area contributed by atoms with Crippen molar-refractivity contribution in [1.29, 1.82) is 0 Å². The zero-order chi connectivity index (χ0) is 25.8. The molecule has 0 radical (unpaired) electrons. The van der Waals surface area contributed by atoms with E-state index in [0.29, 0.717) is 31.9 Å². The first-order chi connectivity index (χ1) is 17.9. The fourth-order valence-corrected chi connectivity index (χ4v) is 6.54. The fourth-order valence-electron chi connectivity index (χ4n) is 4.07. The molecular formula is C27H24N2O6S2. The maximum atomic E-state index is 13.1. The fraction of sp³-hybridized carbons (Fsp3) is 0.185. The van der Waals surface area contributed by atoms with Gasteiger partial charge in [0.05, 0.1) is 29.5 Å². The number of esters is 1. The number of anilines is 2. The van der Waals surface area contributed by atoms with Gasteiger partial charge >= 0.3 is 5.97 Å². The molecule has 37 heavy (non-hydrogen) atoms. The summed E-state index contributed by atoms with van der Waals surface area (Å²) >= 11 is 1.59. The van der Waals surface area contributed by atoms with E-state index in [1.807, 2.05) is 48.5 Å². The summed E-state index contributed by atoms with van der Waals surface area (Å²) in [5, 5.41) is 0. The number of carbonyl (C=O) groups is 2. The Balaban J connectivity index is 1.22. The van der Waals surface area contributed by atoms with Crippen molar-refractivity contribution in [1.82, 2.24) is 4.31 Å². The average Bonchev–Trinajstić information content (AvgIpc) is 2.94. The second-order valence-electron chi connectivity index (χ2n) is 8.29. The third kappa shape index (κ3) is 5.47. The molecule has 1 amide bonds. The van der Waals surface area contributed by atoms with Crippen LogP contribution in [0.15, 0.2) is 93.6 Å². The minimum atomic E-state index is -3.59. The molecule has 2 aliphatic heterocycles. The summed E-state index contributed by atoms with van der Waals surface area (Å²) in [5.41, 5.74) is 2.12.